The summed E-state index contributed by atoms with van der Waals surface area (Å²) in [5, 5.41) is 20.5. The Hall–Kier alpha value is -2.13. The van der Waals surface area contributed by atoms with Gasteiger partial charge in [0.1, 0.15) is 10.7 Å². The molecule has 19 heavy (non-hydrogen) atoms. The smallest absolute Gasteiger partial charge is 0.271 e. The SMILES string of the molecule is O=C(NCc1nn[nH]n1)c1csc(-c2cccs2)n1. The van der Waals surface area contributed by atoms with Gasteiger partial charge in [-0.2, -0.15) is 5.21 Å². The number of thiazole rings is 1. The van der Waals surface area contributed by atoms with E-state index in [0.29, 0.717) is 11.5 Å². The van der Waals surface area contributed by atoms with Crippen LogP contribution in [0.25, 0.3) is 9.88 Å². The predicted octanol–water partition coefficient (Wildman–Crippen LogP) is 1.31. The molecule has 0 aliphatic heterocycles. The lowest BCUT2D eigenvalue weighted by molar-refractivity contribution is 0.0945. The Morgan fingerprint density at radius 1 is 1.42 bits per heavy atom. The first-order valence-electron chi connectivity index (χ1n) is 5.33. The summed E-state index contributed by atoms with van der Waals surface area (Å²) in [7, 11) is 0. The van der Waals surface area contributed by atoms with Gasteiger partial charge in [0, 0.05) is 5.38 Å². The Labute approximate surface area is 115 Å². The van der Waals surface area contributed by atoms with Gasteiger partial charge in [0.25, 0.3) is 5.91 Å². The van der Waals surface area contributed by atoms with Crippen molar-refractivity contribution < 1.29 is 4.79 Å². The zero-order valence-electron chi connectivity index (χ0n) is 9.53. The molecule has 1 amide bonds. The fourth-order valence-corrected chi connectivity index (χ4v) is 3.01. The van der Waals surface area contributed by atoms with Gasteiger partial charge < -0.3 is 5.32 Å². The number of nitrogens with one attached hydrogen (secondary N) is 2. The quantitative estimate of drug-likeness (QED) is 0.756. The first-order chi connectivity index (χ1) is 9.33. The third-order valence-corrected chi connectivity index (χ3v) is 4.15. The van der Waals surface area contributed by atoms with E-state index in [1.165, 1.54) is 11.3 Å². The fourth-order valence-electron chi connectivity index (χ4n) is 1.40. The maximum atomic E-state index is 11.9. The van der Waals surface area contributed by atoms with Crippen molar-refractivity contribution in [2.24, 2.45) is 0 Å². The summed E-state index contributed by atoms with van der Waals surface area (Å²) >= 11 is 3.04. The second-order valence-electron chi connectivity index (χ2n) is 3.53. The van der Waals surface area contributed by atoms with E-state index in [-0.39, 0.29) is 12.5 Å². The third-order valence-electron chi connectivity index (χ3n) is 2.27. The maximum absolute atomic E-state index is 11.9. The van der Waals surface area contributed by atoms with Crippen LogP contribution in [-0.4, -0.2) is 31.5 Å². The number of hydrogen-bond donors (Lipinski definition) is 2. The molecule has 3 aromatic rings. The number of rotatable bonds is 4. The van der Waals surface area contributed by atoms with Crippen LogP contribution in [0.3, 0.4) is 0 Å². The fraction of sp³-hybridized carbons (Fsp3) is 0.100. The van der Waals surface area contributed by atoms with Crippen molar-refractivity contribution in [2.45, 2.75) is 6.54 Å². The van der Waals surface area contributed by atoms with E-state index in [1.54, 1.807) is 16.7 Å². The van der Waals surface area contributed by atoms with Crippen molar-refractivity contribution in [1.29, 1.82) is 0 Å². The van der Waals surface area contributed by atoms with E-state index >= 15 is 0 Å². The van der Waals surface area contributed by atoms with Gasteiger partial charge in [-0.05, 0) is 11.4 Å². The van der Waals surface area contributed by atoms with Crippen LogP contribution in [0.15, 0.2) is 22.9 Å². The number of H-pyrrole nitrogens is 1. The second kappa shape index (κ2) is 5.24. The van der Waals surface area contributed by atoms with Crippen molar-refractivity contribution in [1.82, 2.24) is 30.9 Å². The highest BCUT2D eigenvalue weighted by Gasteiger charge is 2.12. The summed E-state index contributed by atoms with van der Waals surface area (Å²) < 4.78 is 0. The lowest BCUT2D eigenvalue weighted by atomic mass is 10.4. The molecule has 0 fully saturated rings. The highest BCUT2D eigenvalue weighted by Crippen LogP contribution is 2.27. The largest absolute Gasteiger partial charge is 0.343 e. The predicted molar refractivity (Wildman–Crippen MR) is 70.8 cm³/mol. The molecule has 0 saturated heterocycles. The minimum Gasteiger partial charge on any atom is -0.343 e. The minimum absolute atomic E-state index is 0.223. The van der Waals surface area contributed by atoms with E-state index in [1.807, 2.05) is 17.5 Å². The molecular weight excluding hydrogens is 284 g/mol. The molecular formula is C10H8N6OS2. The van der Waals surface area contributed by atoms with Crippen molar-refractivity contribution in [3.8, 4) is 9.88 Å². The average Bonchev–Trinajstić information content (AvgIpc) is 3.14. The Balaban J connectivity index is 1.67. The van der Waals surface area contributed by atoms with Crippen molar-refractivity contribution >= 4 is 28.6 Å². The number of carbonyl (C=O) groups excluding carboxylic acids is 1. The van der Waals surface area contributed by atoms with Crippen LogP contribution in [0.1, 0.15) is 16.3 Å². The van der Waals surface area contributed by atoms with Gasteiger partial charge in [-0.3, -0.25) is 4.79 Å². The van der Waals surface area contributed by atoms with Gasteiger partial charge >= 0.3 is 0 Å². The summed E-state index contributed by atoms with van der Waals surface area (Å²) in [6, 6.07) is 3.93. The van der Waals surface area contributed by atoms with E-state index in [0.717, 1.165) is 9.88 Å². The van der Waals surface area contributed by atoms with E-state index in [2.05, 4.69) is 30.9 Å². The lowest BCUT2D eigenvalue weighted by Crippen LogP contribution is -2.23. The van der Waals surface area contributed by atoms with Gasteiger partial charge in [0.15, 0.2) is 5.82 Å². The van der Waals surface area contributed by atoms with Crippen LogP contribution >= 0.6 is 22.7 Å². The first kappa shape index (κ1) is 11.9. The number of hydrogen-bond acceptors (Lipinski definition) is 7. The van der Waals surface area contributed by atoms with Crippen molar-refractivity contribution in [3.05, 3.63) is 34.4 Å². The minimum atomic E-state index is -0.246. The van der Waals surface area contributed by atoms with Crippen LogP contribution in [0, 0.1) is 0 Å². The maximum Gasteiger partial charge on any atom is 0.271 e. The molecule has 3 rings (SSSR count). The highest BCUT2D eigenvalue weighted by molar-refractivity contribution is 7.20. The normalized spacial score (nSPS) is 10.5. The summed E-state index contributed by atoms with van der Waals surface area (Å²) in [5.74, 6) is 0.186. The van der Waals surface area contributed by atoms with Gasteiger partial charge in [-0.15, -0.1) is 32.9 Å². The molecule has 0 spiro atoms. The van der Waals surface area contributed by atoms with E-state index < -0.39 is 0 Å². The monoisotopic (exact) mass is 292 g/mol. The number of thiophene rings is 1. The van der Waals surface area contributed by atoms with Gasteiger partial charge in [-0.1, -0.05) is 11.3 Å². The Bertz CT molecular complexity index is 660. The van der Waals surface area contributed by atoms with Crippen molar-refractivity contribution in [3.63, 3.8) is 0 Å². The molecule has 0 radical (unpaired) electrons. The molecule has 0 aliphatic rings. The van der Waals surface area contributed by atoms with E-state index in [4.69, 9.17) is 0 Å². The second-order valence-corrected chi connectivity index (χ2v) is 5.33. The Morgan fingerprint density at radius 3 is 3.11 bits per heavy atom. The summed E-state index contributed by atoms with van der Waals surface area (Å²) in [6.45, 7) is 0.223. The van der Waals surface area contributed by atoms with Crippen molar-refractivity contribution in [2.75, 3.05) is 0 Å². The van der Waals surface area contributed by atoms with Crippen LogP contribution < -0.4 is 5.32 Å². The molecule has 0 bridgehead atoms. The Morgan fingerprint density at radius 2 is 2.37 bits per heavy atom. The molecule has 7 nitrogen and oxygen atoms in total. The lowest BCUT2D eigenvalue weighted by Gasteiger charge is -1.98. The number of tetrazole rings is 1. The Kier molecular flexibility index (Phi) is 3.29. The van der Waals surface area contributed by atoms with Gasteiger partial charge in [0.2, 0.25) is 0 Å². The highest BCUT2D eigenvalue weighted by atomic mass is 32.1. The third kappa shape index (κ3) is 2.66. The van der Waals surface area contributed by atoms with Gasteiger partial charge in [0.05, 0.1) is 11.4 Å². The number of aromatic nitrogens is 5. The van der Waals surface area contributed by atoms with Crippen LogP contribution in [-0.2, 0) is 6.54 Å². The molecule has 3 heterocycles. The standard InChI is InChI=1S/C10H8N6OS2/c17-9(11-4-8-13-15-16-14-8)6-5-19-10(12-6)7-2-1-3-18-7/h1-3,5H,4H2,(H,11,17)(H,13,14,15,16). The summed E-state index contributed by atoms with van der Waals surface area (Å²) in [5.41, 5.74) is 0.400. The summed E-state index contributed by atoms with van der Waals surface area (Å²) in [4.78, 5) is 17.2. The van der Waals surface area contributed by atoms with Crippen LogP contribution in [0.4, 0.5) is 0 Å². The zero-order chi connectivity index (χ0) is 13.1. The first-order valence-corrected chi connectivity index (χ1v) is 7.09. The molecule has 0 unspecified atom stereocenters. The molecule has 0 aliphatic carbocycles. The summed E-state index contributed by atoms with van der Waals surface area (Å²) in [6.07, 6.45) is 0. The average molecular weight is 292 g/mol. The number of aromatic amines is 1. The zero-order valence-corrected chi connectivity index (χ0v) is 11.2. The number of carbonyl (C=O) groups is 1. The van der Waals surface area contributed by atoms with E-state index in [9.17, 15) is 4.79 Å². The molecule has 2 N–H and O–H groups in total. The van der Waals surface area contributed by atoms with Crippen LogP contribution in [0.2, 0.25) is 0 Å². The molecule has 96 valence electrons. The number of amides is 1. The van der Waals surface area contributed by atoms with Gasteiger partial charge in [-0.25, -0.2) is 4.98 Å². The molecule has 0 aromatic carbocycles. The molecule has 0 atom stereocenters. The molecule has 0 saturated carbocycles. The number of nitrogens with zero attached hydrogens (tertiary/aromatic N) is 4. The molecule has 3 aromatic heterocycles. The van der Waals surface area contributed by atoms with Crippen LogP contribution in [0.5, 0.6) is 0 Å². The molecule has 9 heteroatoms. The topological polar surface area (TPSA) is 96.5 Å².